The highest BCUT2D eigenvalue weighted by atomic mass is 35.5. The van der Waals surface area contributed by atoms with E-state index in [0.717, 1.165) is 12.3 Å². The number of hydrogen-bond donors (Lipinski definition) is 1. The Kier molecular flexibility index (Phi) is 2.26. The van der Waals surface area contributed by atoms with Crippen molar-refractivity contribution in [3.63, 3.8) is 0 Å². The Bertz CT molecular complexity index is 370. The Balaban J connectivity index is 3.21. The van der Waals surface area contributed by atoms with E-state index in [1.165, 1.54) is 0 Å². The third kappa shape index (κ3) is 1.52. The molecule has 0 aliphatic rings. The van der Waals surface area contributed by atoms with Gasteiger partial charge in [-0.2, -0.15) is 5.26 Å². The number of nitriles is 1. The molecule has 0 fully saturated rings. The lowest BCUT2D eigenvalue weighted by Gasteiger charge is -1.95. The highest BCUT2D eigenvalue weighted by Crippen LogP contribution is 2.14. The SMILES string of the molecule is N#Cc1cnc(C(=O)O)cc1Cl. The quantitative estimate of drug-likeness (QED) is 0.711. The summed E-state index contributed by atoms with van der Waals surface area (Å²) < 4.78 is 0. The van der Waals surface area contributed by atoms with Crippen molar-refractivity contribution in [1.29, 1.82) is 5.26 Å². The first kappa shape index (κ1) is 8.50. The van der Waals surface area contributed by atoms with Gasteiger partial charge in [0.05, 0.1) is 10.6 Å². The number of nitrogens with zero attached hydrogens (tertiary/aromatic N) is 2. The number of carboxylic acid groups (broad SMARTS) is 1. The number of rotatable bonds is 1. The molecule has 0 spiro atoms. The lowest BCUT2D eigenvalue weighted by atomic mass is 10.2. The van der Waals surface area contributed by atoms with Gasteiger partial charge in [0, 0.05) is 6.20 Å². The minimum atomic E-state index is -1.17. The Hall–Kier alpha value is -1.60. The van der Waals surface area contributed by atoms with Gasteiger partial charge in [-0.3, -0.25) is 0 Å². The third-order valence-corrected chi connectivity index (χ3v) is 1.51. The predicted octanol–water partition coefficient (Wildman–Crippen LogP) is 1.30. The largest absolute Gasteiger partial charge is 0.477 e. The zero-order chi connectivity index (χ0) is 9.14. The summed E-state index contributed by atoms with van der Waals surface area (Å²) in [5, 5.41) is 17.0. The number of pyridine rings is 1. The second kappa shape index (κ2) is 3.20. The summed E-state index contributed by atoms with van der Waals surface area (Å²) >= 11 is 5.55. The molecule has 5 heteroatoms. The van der Waals surface area contributed by atoms with Crippen molar-refractivity contribution in [2.24, 2.45) is 0 Å². The highest BCUT2D eigenvalue weighted by Gasteiger charge is 2.07. The van der Waals surface area contributed by atoms with Gasteiger partial charge < -0.3 is 5.11 Å². The Labute approximate surface area is 73.0 Å². The van der Waals surface area contributed by atoms with Crippen molar-refractivity contribution in [2.75, 3.05) is 0 Å². The molecule has 0 amide bonds. The molecular weight excluding hydrogens is 180 g/mol. The molecule has 1 N–H and O–H groups in total. The second-order valence-corrected chi connectivity index (χ2v) is 2.37. The maximum atomic E-state index is 10.3. The molecule has 0 saturated heterocycles. The van der Waals surface area contributed by atoms with E-state index in [4.69, 9.17) is 22.0 Å². The second-order valence-electron chi connectivity index (χ2n) is 1.97. The van der Waals surface area contributed by atoms with E-state index in [1.807, 2.05) is 0 Å². The Morgan fingerprint density at radius 3 is 2.83 bits per heavy atom. The van der Waals surface area contributed by atoms with Crippen molar-refractivity contribution in [2.45, 2.75) is 0 Å². The van der Waals surface area contributed by atoms with Crippen LogP contribution in [0.25, 0.3) is 0 Å². The van der Waals surface area contributed by atoms with Crippen LogP contribution in [0.5, 0.6) is 0 Å². The molecule has 0 saturated carbocycles. The van der Waals surface area contributed by atoms with E-state index in [1.54, 1.807) is 6.07 Å². The van der Waals surface area contributed by atoms with Crippen LogP contribution in [0.1, 0.15) is 16.1 Å². The van der Waals surface area contributed by atoms with Crippen LogP contribution in [0.3, 0.4) is 0 Å². The molecule has 0 aliphatic heterocycles. The van der Waals surface area contributed by atoms with E-state index in [-0.39, 0.29) is 16.3 Å². The van der Waals surface area contributed by atoms with Crippen molar-refractivity contribution in [3.8, 4) is 6.07 Å². The van der Waals surface area contributed by atoms with E-state index >= 15 is 0 Å². The Morgan fingerprint density at radius 1 is 1.75 bits per heavy atom. The molecule has 1 rings (SSSR count). The summed E-state index contributed by atoms with van der Waals surface area (Å²) in [6.07, 6.45) is 1.13. The Morgan fingerprint density at radius 2 is 2.42 bits per heavy atom. The number of aromatic nitrogens is 1. The van der Waals surface area contributed by atoms with Gasteiger partial charge in [-0.25, -0.2) is 9.78 Å². The van der Waals surface area contributed by atoms with Crippen molar-refractivity contribution >= 4 is 17.6 Å². The van der Waals surface area contributed by atoms with Gasteiger partial charge in [-0.1, -0.05) is 11.6 Å². The summed E-state index contributed by atoms with van der Waals surface area (Å²) in [7, 11) is 0. The number of hydrogen-bond acceptors (Lipinski definition) is 3. The molecule has 0 bridgehead atoms. The zero-order valence-electron chi connectivity index (χ0n) is 5.78. The summed E-state index contributed by atoms with van der Waals surface area (Å²) in [6, 6.07) is 2.92. The molecule has 1 heterocycles. The molecule has 12 heavy (non-hydrogen) atoms. The maximum Gasteiger partial charge on any atom is 0.354 e. The van der Waals surface area contributed by atoms with Gasteiger partial charge in [0.2, 0.25) is 0 Å². The van der Waals surface area contributed by atoms with Gasteiger partial charge in [0.1, 0.15) is 11.8 Å². The van der Waals surface area contributed by atoms with Crippen molar-refractivity contribution in [3.05, 3.63) is 28.5 Å². The smallest absolute Gasteiger partial charge is 0.354 e. The summed E-state index contributed by atoms with van der Waals surface area (Å²) in [5.74, 6) is -1.17. The fourth-order valence-corrected chi connectivity index (χ4v) is 0.824. The van der Waals surface area contributed by atoms with Gasteiger partial charge in [-0.15, -0.1) is 0 Å². The lowest BCUT2D eigenvalue weighted by Crippen LogP contribution is -2.00. The van der Waals surface area contributed by atoms with Gasteiger partial charge >= 0.3 is 5.97 Å². The van der Waals surface area contributed by atoms with Crippen LogP contribution in [0.2, 0.25) is 5.02 Å². The van der Waals surface area contributed by atoms with Crippen LogP contribution in [0.4, 0.5) is 0 Å². The van der Waals surface area contributed by atoms with Crippen LogP contribution in [-0.2, 0) is 0 Å². The van der Waals surface area contributed by atoms with Crippen LogP contribution < -0.4 is 0 Å². The molecule has 0 aromatic carbocycles. The number of carboxylic acids is 1. The summed E-state index contributed by atoms with van der Waals surface area (Å²) in [4.78, 5) is 13.9. The third-order valence-electron chi connectivity index (χ3n) is 1.19. The molecule has 0 atom stereocenters. The molecule has 60 valence electrons. The standard InChI is InChI=1S/C7H3ClN2O2/c8-5-1-6(7(11)12)10-3-4(5)2-9/h1,3H,(H,11,12). The normalized spacial score (nSPS) is 9.00. The fraction of sp³-hybridized carbons (Fsp3) is 0. The average molecular weight is 183 g/mol. The molecule has 1 aromatic rings. The topological polar surface area (TPSA) is 74.0 Å². The van der Waals surface area contributed by atoms with Gasteiger partial charge in [0.25, 0.3) is 0 Å². The molecular formula is C7H3ClN2O2. The predicted molar refractivity (Wildman–Crippen MR) is 40.9 cm³/mol. The first-order chi connectivity index (χ1) is 5.65. The minimum absolute atomic E-state index is 0.102. The molecule has 1 aromatic heterocycles. The van der Waals surface area contributed by atoms with Gasteiger partial charge in [-0.05, 0) is 6.07 Å². The molecule has 0 unspecified atom stereocenters. The fourth-order valence-electron chi connectivity index (χ4n) is 0.630. The van der Waals surface area contributed by atoms with Crippen LogP contribution in [0, 0.1) is 11.3 Å². The molecule has 0 radical (unpaired) electrons. The van der Waals surface area contributed by atoms with Crippen LogP contribution >= 0.6 is 11.6 Å². The van der Waals surface area contributed by atoms with Crippen molar-refractivity contribution in [1.82, 2.24) is 4.98 Å². The monoisotopic (exact) mass is 182 g/mol. The molecule has 4 nitrogen and oxygen atoms in total. The number of carbonyl (C=O) groups is 1. The van der Waals surface area contributed by atoms with E-state index in [0.29, 0.717) is 0 Å². The minimum Gasteiger partial charge on any atom is -0.477 e. The zero-order valence-corrected chi connectivity index (χ0v) is 6.54. The number of aromatic carboxylic acids is 1. The summed E-state index contributed by atoms with van der Waals surface area (Å²) in [6.45, 7) is 0. The maximum absolute atomic E-state index is 10.3. The first-order valence-electron chi connectivity index (χ1n) is 2.94. The summed E-state index contributed by atoms with van der Waals surface area (Å²) in [5.41, 5.74) is 0.000617. The molecule has 0 aliphatic carbocycles. The van der Waals surface area contributed by atoms with E-state index in [2.05, 4.69) is 4.98 Å². The average Bonchev–Trinajstić information content (AvgIpc) is 2.04. The van der Waals surface area contributed by atoms with Crippen LogP contribution in [0.15, 0.2) is 12.3 Å². The van der Waals surface area contributed by atoms with Gasteiger partial charge in [0.15, 0.2) is 0 Å². The van der Waals surface area contributed by atoms with E-state index < -0.39 is 5.97 Å². The van der Waals surface area contributed by atoms with Crippen molar-refractivity contribution < 1.29 is 9.90 Å². The van der Waals surface area contributed by atoms with Crippen LogP contribution in [-0.4, -0.2) is 16.1 Å². The lowest BCUT2D eigenvalue weighted by molar-refractivity contribution is 0.0690. The van der Waals surface area contributed by atoms with E-state index in [9.17, 15) is 4.79 Å². The number of halogens is 1. The highest BCUT2D eigenvalue weighted by molar-refractivity contribution is 6.31. The first-order valence-corrected chi connectivity index (χ1v) is 3.32.